The summed E-state index contributed by atoms with van der Waals surface area (Å²) in [5, 5.41) is 0. The van der Waals surface area contributed by atoms with E-state index in [-0.39, 0.29) is 6.61 Å². The molecule has 0 atom stereocenters. The Morgan fingerprint density at radius 2 is 1.79 bits per heavy atom. The summed E-state index contributed by atoms with van der Waals surface area (Å²) in [6.45, 7) is 0.160. The minimum Gasteiger partial charge on any atom is -0.438 e. The largest absolute Gasteiger partial charge is 0.512 e. The first-order valence-electron chi connectivity index (χ1n) is 3.81. The van der Waals surface area contributed by atoms with Gasteiger partial charge in [-0.15, -0.1) is 0 Å². The second-order valence-electron chi connectivity index (χ2n) is 2.04. The van der Waals surface area contributed by atoms with Crippen molar-refractivity contribution >= 4 is 12.3 Å². The lowest BCUT2D eigenvalue weighted by Gasteiger charge is -1.99. The molecule has 80 valence electrons. The van der Waals surface area contributed by atoms with Crippen molar-refractivity contribution in [3.8, 4) is 0 Å². The van der Waals surface area contributed by atoms with Gasteiger partial charge in [0.25, 0.3) is 0 Å². The number of methoxy groups -OCH3 is 2. The number of carbonyl (C=O) groups excluding carboxylic acids is 2. The quantitative estimate of drug-likeness (QED) is 0.392. The first kappa shape index (κ1) is 12.3. The third-order valence-electron chi connectivity index (χ3n) is 1.10. The molecule has 0 aromatic heterocycles. The zero-order valence-corrected chi connectivity index (χ0v) is 8.02. The first-order chi connectivity index (χ1) is 6.70. The summed E-state index contributed by atoms with van der Waals surface area (Å²) in [6.07, 6.45) is 1.56. The molecule has 0 aliphatic heterocycles. The van der Waals surface area contributed by atoms with Gasteiger partial charge in [-0.2, -0.15) is 0 Å². The van der Waals surface area contributed by atoms with E-state index in [0.29, 0.717) is 6.42 Å². The Labute approximate surface area is 81.4 Å². The monoisotopic (exact) mass is 204 g/mol. The number of rotatable bonds is 4. The molecule has 0 aliphatic carbocycles. The number of ether oxygens (including phenoxy) is 4. The fraction of sp³-hybridized carbons (Fsp3) is 0.500. The van der Waals surface area contributed by atoms with Gasteiger partial charge in [0.05, 0.1) is 27.1 Å². The van der Waals surface area contributed by atoms with E-state index >= 15 is 0 Å². The van der Waals surface area contributed by atoms with Crippen molar-refractivity contribution in [2.45, 2.75) is 6.42 Å². The van der Waals surface area contributed by atoms with Crippen LogP contribution in [0.3, 0.4) is 0 Å². The van der Waals surface area contributed by atoms with Crippen molar-refractivity contribution < 1.29 is 28.5 Å². The van der Waals surface area contributed by atoms with Gasteiger partial charge in [-0.05, 0) is 6.08 Å². The standard InChI is InChI=1S/C8H12O6/c1-11-7(9)13-5-3-4-6-14-8(10)12-2/h3,5H,4,6H2,1-2H3/b5-3-. The molecule has 0 aromatic carbocycles. The fourth-order valence-corrected chi connectivity index (χ4v) is 0.489. The van der Waals surface area contributed by atoms with Crippen LogP contribution in [-0.4, -0.2) is 33.1 Å². The molecule has 0 aliphatic rings. The molecule has 0 bridgehead atoms. The minimum atomic E-state index is -0.796. The van der Waals surface area contributed by atoms with E-state index < -0.39 is 12.3 Å². The summed E-state index contributed by atoms with van der Waals surface area (Å²) in [4.78, 5) is 20.8. The predicted molar refractivity (Wildman–Crippen MR) is 45.6 cm³/mol. The Bertz CT molecular complexity index is 210. The van der Waals surface area contributed by atoms with Gasteiger partial charge in [0.1, 0.15) is 0 Å². The molecule has 14 heavy (non-hydrogen) atoms. The van der Waals surface area contributed by atoms with Gasteiger partial charge in [-0.3, -0.25) is 0 Å². The molecule has 0 rings (SSSR count). The topological polar surface area (TPSA) is 71.1 Å². The Morgan fingerprint density at radius 1 is 1.14 bits per heavy atom. The van der Waals surface area contributed by atoms with E-state index in [1.807, 2.05) is 0 Å². The Balaban J connectivity index is 3.36. The summed E-state index contributed by atoms with van der Waals surface area (Å²) >= 11 is 0. The molecule has 0 N–H and O–H groups in total. The van der Waals surface area contributed by atoms with E-state index in [0.717, 1.165) is 6.26 Å². The van der Waals surface area contributed by atoms with Gasteiger partial charge in [0, 0.05) is 6.42 Å². The van der Waals surface area contributed by atoms with Crippen LogP contribution < -0.4 is 0 Å². The third kappa shape index (κ3) is 6.96. The SMILES string of the molecule is COC(=O)O/C=C\CCOC(=O)OC. The number of hydrogen-bond donors (Lipinski definition) is 0. The van der Waals surface area contributed by atoms with Gasteiger partial charge in [-0.25, -0.2) is 9.59 Å². The normalized spacial score (nSPS) is 9.57. The van der Waals surface area contributed by atoms with Crippen molar-refractivity contribution in [1.82, 2.24) is 0 Å². The van der Waals surface area contributed by atoms with E-state index in [1.165, 1.54) is 20.3 Å². The summed E-state index contributed by atoms with van der Waals surface area (Å²) in [6, 6.07) is 0. The number of carbonyl (C=O) groups is 2. The van der Waals surface area contributed by atoms with Crippen LogP contribution in [-0.2, 0) is 18.9 Å². The maximum atomic E-state index is 10.4. The molecule has 0 saturated carbocycles. The lowest BCUT2D eigenvalue weighted by molar-refractivity contribution is 0.0737. The maximum absolute atomic E-state index is 10.4. The highest BCUT2D eigenvalue weighted by Crippen LogP contribution is 1.90. The first-order valence-corrected chi connectivity index (χ1v) is 3.81. The van der Waals surface area contributed by atoms with E-state index in [1.54, 1.807) is 0 Å². The lowest BCUT2D eigenvalue weighted by Crippen LogP contribution is -2.04. The van der Waals surface area contributed by atoms with Gasteiger partial charge in [0.2, 0.25) is 0 Å². The van der Waals surface area contributed by atoms with Crippen LogP contribution in [0, 0.1) is 0 Å². The van der Waals surface area contributed by atoms with Crippen LogP contribution in [0.1, 0.15) is 6.42 Å². The molecule has 0 spiro atoms. The van der Waals surface area contributed by atoms with Crippen LogP contribution in [0.4, 0.5) is 9.59 Å². The molecule has 0 aromatic rings. The Hall–Kier alpha value is -1.72. The summed E-state index contributed by atoms with van der Waals surface area (Å²) in [5.41, 5.74) is 0. The summed E-state index contributed by atoms with van der Waals surface area (Å²) in [5.74, 6) is 0. The zero-order valence-electron chi connectivity index (χ0n) is 8.02. The van der Waals surface area contributed by atoms with Crippen LogP contribution in [0.5, 0.6) is 0 Å². The highest BCUT2D eigenvalue weighted by atomic mass is 16.7. The summed E-state index contributed by atoms with van der Waals surface area (Å²) in [7, 11) is 2.43. The molecular formula is C8H12O6. The second kappa shape index (κ2) is 7.90. The van der Waals surface area contributed by atoms with Gasteiger partial charge in [0.15, 0.2) is 0 Å². The van der Waals surface area contributed by atoms with Crippen molar-refractivity contribution in [2.75, 3.05) is 20.8 Å². The Morgan fingerprint density at radius 3 is 2.36 bits per heavy atom. The van der Waals surface area contributed by atoms with E-state index in [2.05, 4.69) is 18.9 Å². The average molecular weight is 204 g/mol. The van der Waals surface area contributed by atoms with Crippen LogP contribution >= 0.6 is 0 Å². The maximum Gasteiger partial charge on any atom is 0.512 e. The molecule has 0 heterocycles. The lowest BCUT2D eigenvalue weighted by atomic mass is 10.4. The van der Waals surface area contributed by atoms with Crippen molar-refractivity contribution in [3.63, 3.8) is 0 Å². The minimum absolute atomic E-state index is 0.160. The van der Waals surface area contributed by atoms with Crippen LogP contribution in [0.15, 0.2) is 12.3 Å². The van der Waals surface area contributed by atoms with Crippen LogP contribution in [0.25, 0.3) is 0 Å². The van der Waals surface area contributed by atoms with Crippen LogP contribution in [0.2, 0.25) is 0 Å². The van der Waals surface area contributed by atoms with Gasteiger partial charge >= 0.3 is 12.3 Å². The van der Waals surface area contributed by atoms with Crippen molar-refractivity contribution in [1.29, 1.82) is 0 Å². The fourth-order valence-electron chi connectivity index (χ4n) is 0.489. The van der Waals surface area contributed by atoms with Gasteiger partial charge in [-0.1, -0.05) is 0 Å². The molecule has 0 amide bonds. The highest BCUT2D eigenvalue weighted by Gasteiger charge is 1.97. The highest BCUT2D eigenvalue weighted by molar-refractivity contribution is 5.60. The second-order valence-corrected chi connectivity index (χ2v) is 2.04. The Kier molecular flexibility index (Phi) is 6.93. The molecule has 0 fully saturated rings. The van der Waals surface area contributed by atoms with Crippen molar-refractivity contribution in [2.24, 2.45) is 0 Å². The predicted octanol–water partition coefficient (Wildman–Crippen LogP) is 1.46. The molecule has 6 heteroatoms. The molecule has 6 nitrogen and oxygen atoms in total. The van der Waals surface area contributed by atoms with E-state index in [4.69, 9.17) is 0 Å². The summed E-state index contributed by atoms with van der Waals surface area (Å²) < 4.78 is 17.4. The molecule has 0 saturated heterocycles. The average Bonchev–Trinajstić information content (AvgIpc) is 2.22. The van der Waals surface area contributed by atoms with Crippen molar-refractivity contribution in [3.05, 3.63) is 12.3 Å². The molecular weight excluding hydrogens is 192 g/mol. The number of hydrogen-bond acceptors (Lipinski definition) is 6. The zero-order chi connectivity index (χ0) is 10.8. The van der Waals surface area contributed by atoms with Gasteiger partial charge < -0.3 is 18.9 Å². The third-order valence-corrected chi connectivity index (χ3v) is 1.10. The smallest absolute Gasteiger partial charge is 0.438 e. The molecule has 0 radical (unpaired) electrons. The van der Waals surface area contributed by atoms with E-state index in [9.17, 15) is 9.59 Å². The molecule has 0 unspecified atom stereocenters.